The molecule has 3 atom stereocenters. The first-order valence-electron chi connectivity index (χ1n) is 7.60. The van der Waals surface area contributed by atoms with E-state index in [9.17, 15) is 23.3 Å². The second kappa shape index (κ2) is 8.40. The van der Waals surface area contributed by atoms with Crippen LogP contribution in [0.5, 0.6) is 0 Å². The second-order valence-electron chi connectivity index (χ2n) is 5.68. The Morgan fingerprint density at radius 2 is 2.08 bits per heavy atom. The highest BCUT2D eigenvalue weighted by Crippen LogP contribution is 2.27. The highest BCUT2D eigenvalue weighted by atomic mass is 32.2. The number of nitro groups is 1. The fourth-order valence-electron chi connectivity index (χ4n) is 2.86. The summed E-state index contributed by atoms with van der Waals surface area (Å²) in [6, 6.07) is 3.70. The van der Waals surface area contributed by atoms with Crippen molar-refractivity contribution in [3.63, 3.8) is 0 Å². The van der Waals surface area contributed by atoms with Crippen LogP contribution in [0.2, 0.25) is 0 Å². The number of methoxy groups -OCH3 is 1. The number of benzene rings is 1. The predicted molar refractivity (Wildman–Crippen MR) is 88.1 cm³/mol. The Balaban J connectivity index is 2.16. The van der Waals surface area contributed by atoms with E-state index in [1.165, 1.54) is 19.2 Å². The number of amides is 1. The van der Waals surface area contributed by atoms with Crippen LogP contribution in [-0.4, -0.2) is 56.6 Å². The zero-order chi connectivity index (χ0) is 19.3. The topological polar surface area (TPSA) is 157 Å². The van der Waals surface area contributed by atoms with Gasteiger partial charge in [0.15, 0.2) is 4.90 Å². The van der Waals surface area contributed by atoms with Crippen LogP contribution < -0.4 is 10.0 Å². The van der Waals surface area contributed by atoms with Crippen LogP contribution in [0.15, 0.2) is 29.2 Å². The molecule has 0 spiro atoms. The van der Waals surface area contributed by atoms with Crippen molar-refractivity contribution in [3.05, 3.63) is 34.4 Å². The maximum Gasteiger partial charge on any atom is 0.404 e. The third-order valence-corrected chi connectivity index (χ3v) is 5.45. The van der Waals surface area contributed by atoms with Gasteiger partial charge in [0.1, 0.15) is 6.79 Å². The first kappa shape index (κ1) is 20.0. The SMILES string of the molecule is COCO[C@@H]1C[C@@H](NS(=O)(=O)c2ccccc2[N+](=O)[O-])C[C@H]1NC(=O)O. The molecule has 1 aromatic carbocycles. The van der Waals surface area contributed by atoms with Gasteiger partial charge in [-0.1, -0.05) is 12.1 Å². The van der Waals surface area contributed by atoms with Crippen molar-refractivity contribution in [3.8, 4) is 0 Å². The molecule has 12 heteroatoms. The van der Waals surface area contributed by atoms with Crippen LogP contribution in [0.25, 0.3) is 0 Å². The summed E-state index contributed by atoms with van der Waals surface area (Å²) in [7, 11) is -2.76. The molecule has 0 saturated heterocycles. The monoisotopic (exact) mass is 389 g/mol. The minimum atomic E-state index is -4.17. The number of para-hydroxylation sites is 1. The Morgan fingerprint density at radius 1 is 1.38 bits per heavy atom. The van der Waals surface area contributed by atoms with Crippen molar-refractivity contribution < 1.29 is 32.7 Å². The van der Waals surface area contributed by atoms with Crippen molar-refractivity contribution in [2.45, 2.75) is 35.9 Å². The lowest BCUT2D eigenvalue weighted by Gasteiger charge is -2.18. The maximum absolute atomic E-state index is 12.5. The number of rotatable bonds is 8. The van der Waals surface area contributed by atoms with Gasteiger partial charge >= 0.3 is 6.09 Å². The molecular weight excluding hydrogens is 370 g/mol. The Morgan fingerprint density at radius 3 is 2.69 bits per heavy atom. The number of carbonyl (C=O) groups is 1. The molecule has 0 aromatic heterocycles. The summed E-state index contributed by atoms with van der Waals surface area (Å²) in [5.41, 5.74) is -0.537. The largest absolute Gasteiger partial charge is 0.465 e. The van der Waals surface area contributed by atoms with Gasteiger partial charge in [-0.25, -0.2) is 17.9 Å². The van der Waals surface area contributed by atoms with Gasteiger partial charge in [0.25, 0.3) is 5.69 Å². The van der Waals surface area contributed by atoms with Crippen LogP contribution in [0.3, 0.4) is 0 Å². The number of nitrogens with zero attached hydrogens (tertiary/aromatic N) is 1. The molecule has 3 N–H and O–H groups in total. The number of hydrogen-bond donors (Lipinski definition) is 3. The van der Waals surface area contributed by atoms with E-state index in [2.05, 4.69) is 10.0 Å². The number of nitrogens with one attached hydrogen (secondary N) is 2. The summed E-state index contributed by atoms with van der Waals surface area (Å²) < 4.78 is 37.7. The van der Waals surface area contributed by atoms with Crippen molar-refractivity contribution in [1.29, 1.82) is 0 Å². The molecule has 11 nitrogen and oxygen atoms in total. The van der Waals surface area contributed by atoms with Crippen LogP contribution >= 0.6 is 0 Å². The lowest BCUT2D eigenvalue weighted by molar-refractivity contribution is -0.387. The minimum Gasteiger partial charge on any atom is -0.465 e. The molecule has 1 amide bonds. The van der Waals surface area contributed by atoms with Crippen molar-refractivity contribution in [2.24, 2.45) is 0 Å². The Kier molecular flexibility index (Phi) is 6.47. The highest BCUT2D eigenvalue weighted by molar-refractivity contribution is 7.89. The van der Waals surface area contributed by atoms with Gasteiger partial charge in [-0.15, -0.1) is 0 Å². The van der Waals surface area contributed by atoms with E-state index in [0.29, 0.717) is 0 Å². The number of ether oxygens (including phenoxy) is 2. The van der Waals surface area contributed by atoms with Crippen LogP contribution in [-0.2, 0) is 19.5 Å². The Labute approximate surface area is 149 Å². The molecule has 144 valence electrons. The van der Waals surface area contributed by atoms with Crippen molar-refractivity contribution in [2.75, 3.05) is 13.9 Å². The van der Waals surface area contributed by atoms with Crippen LogP contribution in [0, 0.1) is 10.1 Å². The van der Waals surface area contributed by atoms with E-state index in [4.69, 9.17) is 14.6 Å². The van der Waals surface area contributed by atoms with E-state index in [1.54, 1.807) is 0 Å². The minimum absolute atomic E-state index is 0.0773. The average molecular weight is 389 g/mol. The summed E-state index contributed by atoms with van der Waals surface area (Å²) in [5.74, 6) is 0. The third kappa shape index (κ3) is 4.88. The Bertz CT molecular complexity index is 769. The van der Waals surface area contributed by atoms with Crippen molar-refractivity contribution >= 4 is 21.8 Å². The Hall–Kier alpha value is -2.28. The summed E-state index contributed by atoms with van der Waals surface area (Å²) in [6.07, 6.45) is -1.53. The van der Waals surface area contributed by atoms with E-state index in [1.807, 2.05) is 0 Å². The van der Waals surface area contributed by atoms with Gasteiger partial charge < -0.3 is 19.9 Å². The molecule has 0 heterocycles. The molecule has 0 aliphatic heterocycles. The van der Waals surface area contributed by atoms with E-state index < -0.39 is 49.8 Å². The molecule has 1 aromatic rings. The van der Waals surface area contributed by atoms with Gasteiger partial charge in [-0.05, 0) is 18.9 Å². The maximum atomic E-state index is 12.5. The summed E-state index contributed by atoms with van der Waals surface area (Å²) in [6.45, 7) is -0.0773. The van der Waals surface area contributed by atoms with E-state index in [-0.39, 0.29) is 19.6 Å². The van der Waals surface area contributed by atoms with Crippen LogP contribution in [0.1, 0.15) is 12.8 Å². The van der Waals surface area contributed by atoms with E-state index in [0.717, 1.165) is 12.1 Å². The van der Waals surface area contributed by atoms with Crippen molar-refractivity contribution in [1.82, 2.24) is 10.0 Å². The zero-order valence-electron chi connectivity index (χ0n) is 13.8. The third-order valence-electron chi connectivity index (χ3n) is 3.89. The molecule has 2 rings (SSSR count). The second-order valence-corrected chi connectivity index (χ2v) is 7.36. The van der Waals surface area contributed by atoms with Gasteiger partial charge in [0.2, 0.25) is 10.0 Å². The normalized spacial score (nSPS) is 22.9. The predicted octanol–water partition coefficient (Wildman–Crippen LogP) is 0.661. The first-order chi connectivity index (χ1) is 12.2. The first-order valence-corrected chi connectivity index (χ1v) is 9.08. The smallest absolute Gasteiger partial charge is 0.404 e. The molecule has 0 unspecified atom stereocenters. The molecule has 26 heavy (non-hydrogen) atoms. The lowest BCUT2D eigenvalue weighted by Crippen LogP contribution is -2.40. The van der Waals surface area contributed by atoms with Gasteiger partial charge in [-0.3, -0.25) is 10.1 Å². The number of nitro benzene ring substituents is 1. The fourth-order valence-corrected chi connectivity index (χ4v) is 4.30. The highest BCUT2D eigenvalue weighted by Gasteiger charge is 2.39. The van der Waals surface area contributed by atoms with Gasteiger partial charge in [0, 0.05) is 19.2 Å². The molecule has 1 saturated carbocycles. The zero-order valence-corrected chi connectivity index (χ0v) is 14.6. The number of carboxylic acid groups (broad SMARTS) is 1. The lowest BCUT2D eigenvalue weighted by atomic mass is 10.2. The summed E-state index contributed by atoms with van der Waals surface area (Å²) in [4.78, 5) is 20.7. The molecule has 0 radical (unpaired) electrons. The molecular formula is C14H19N3O8S. The summed E-state index contributed by atoms with van der Waals surface area (Å²) >= 11 is 0. The van der Waals surface area contributed by atoms with Crippen LogP contribution in [0.4, 0.5) is 10.5 Å². The number of hydrogen-bond acceptors (Lipinski definition) is 7. The fraction of sp³-hybridized carbons (Fsp3) is 0.500. The molecule has 1 aliphatic carbocycles. The summed E-state index contributed by atoms with van der Waals surface area (Å²) in [5, 5.41) is 22.2. The van der Waals surface area contributed by atoms with Gasteiger partial charge in [0.05, 0.1) is 17.1 Å². The standard InChI is InChI=1S/C14H19N3O8S/c1-24-8-25-12-7-9(6-10(12)15-14(18)19)16-26(22,23)13-5-3-2-4-11(13)17(20)21/h2-5,9-10,12,15-16H,6-8H2,1H3,(H,18,19)/t9-,10+,12+/m0/s1. The quantitative estimate of drug-likeness (QED) is 0.332. The average Bonchev–Trinajstić information content (AvgIpc) is 2.92. The van der Waals surface area contributed by atoms with E-state index >= 15 is 0 Å². The molecule has 1 fully saturated rings. The number of sulfonamides is 1. The molecule has 1 aliphatic rings. The molecule has 0 bridgehead atoms. The van der Waals surface area contributed by atoms with Gasteiger partial charge in [-0.2, -0.15) is 0 Å².